The summed E-state index contributed by atoms with van der Waals surface area (Å²) in [5.41, 5.74) is 0.471. The number of morpholine rings is 1. The van der Waals surface area contributed by atoms with E-state index in [2.05, 4.69) is 27.1 Å². The molecule has 1 fully saturated rings. The smallest absolute Gasteiger partial charge is 0.177 e. The molecule has 0 saturated carbocycles. The van der Waals surface area contributed by atoms with E-state index in [0.29, 0.717) is 24.7 Å². The molecule has 0 radical (unpaired) electrons. The van der Waals surface area contributed by atoms with Crippen LogP contribution in [-0.4, -0.2) is 55.9 Å². The quantitative estimate of drug-likeness (QED) is 0.751. The lowest BCUT2D eigenvalue weighted by Gasteiger charge is -2.35. The highest BCUT2D eigenvalue weighted by atomic mass is 16.5. The number of nitrogens with one attached hydrogen (secondary N) is 1. The first kappa shape index (κ1) is 16.0. The Bertz CT molecular complexity index is 881. The van der Waals surface area contributed by atoms with Crippen LogP contribution in [0.2, 0.25) is 0 Å². The molecule has 3 aromatic rings. The van der Waals surface area contributed by atoms with Crippen LogP contribution in [0.3, 0.4) is 0 Å². The number of fused-ring (bicyclic) bond motifs is 1. The Morgan fingerprint density at radius 2 is 2.20 bits per heavy atom. The maximum Gasteiger partial charge on any atom is 0.177 e. The number of aromatic amines is 1. The van der Waals surface area contributed by atoms with E-state index in [1.54, 1.807) is 30.9 Å². The third-order valence-corrected chi connectivity index (χ3v) is 4.55. The number of aromatic nitrogens is 5. The highest BCUT2D eigenvalue weighted by Crippen LogP contribution is 2.32. The second kappa shape index (κ2) is 5.82. The molecule has 8 heteroatoms. The second-order valence-electron chi connectivity index (χ2n) is 6.93. The summed E-state index contributed by atoms with van der Waals surface area (Å²) in [4.78, 5) is 7.05. The molecule has 0 amide bonds. The first-order valence-corrected chi connectivity index (χ1v) is 8.41. The van der Waals surface area contributed by atoms with Crippen LogP contribution in [0.15, 0.2) is 24.5 Å². The normalized spacial score (nSPS) is 18.9. The van der Waals surface area contributed by atoms with Crippen LogP contribution in [0.4, 0.5) is 5.82 Å². The summed E-state index contributed by atoms with van der Waals surface area (Å²) in [5.74, 6) is 1.48. The minimum absolute atomic E-state index is 0.218. The van der Waals surface area contributed by atoms with Gasteiger partial charge in [0.2, 0.25) is 0 Å². The van der Waals surface area contributed by atoms with Gasteiger partial charge in [0.25, 0.3) is 0 Å². The monoisotopic (exact) mass is 342 g/mol. The molecule has 1 aliphatic rings. The van der Waals surface area contributed by atoms with E-state index in [4.69, 9.17) is 9.72 Å². The van der Waals surface area contributed by atoms with Crippen LogP contribution in [0.25, 0.3) is 16.9 Å². The Morgan fingerprint density at radius 1 is 1.36 bits per heavy atom. The van der Waals surface area contributed by atoms with Crippen molar-refractivity contribution in [1.29, 1.82) is 0 Å². The van der Waals surface area contributed by atoms with Crippen LogP contribution >= 0.6 is 0 Å². The van der Waals surface area contributed by atoms with Gasteiger partial charge in [-0.2, -0.15) is 14.9 Å². The number of anilines is 1. The lowest BCUT2D eigenvalue weighted by molar-refractivity contribution is 0.0799. The molecular formula is C17H22N6O2. The third kappa shape index (κ3) is 2.77. The molecular weight excluding hydrogens is 320 g/mol. The molecule has 1 saturated heterocycles. The van der Waals surface area contributed by atoms with Gasteiger partial charge in [0.05, 0.1) is 31.1 Å². The number of rotatable bonds is 3. The Labute approximate surface area is 145 Å². The fourth-order valence-electron chi connectivity index (χ4n) is 3.25. The van der Waals surface area contributed by atoms with Gasteiger partial charge in [-0.15, -0.1) is 0 Å². The number of ether oxygens (including phenoxy) is 1. The minimum Gasteiger partial charge on any atom is -0.386 e. The summed E-state index contributed by atoms with van der Waals surface area (Å²) >= 11 is 0. The molecule has 2 N–H and O–H groups in total. The van der Waals surface area contributed by atoms with Gasteiger partial charge in [-0.05, 0) is 32.4 Å². The largest absolute Gasteiger partial charge is 0.386 e. The Morgan fingerprint density at radius 3 is 2.88 bits per heavy atom. The number of hydrogen-bond acceptors (Lipinski definition) is 6. The van der Waals surface area contributed by atoms with Crippen LogP contribution in [0.1, 0.15) is 26.3 Å². The van der Waals surface area contributed by atoms with Crippen molar-refractivity contribution in [3.63, 3.8) is 0 Å². The topological polar surface area (TPSA) is 92.1 Å². The molecule has 1 aliphatic heterocycles. The summed E-state index contributed by atoms with van der Waals surface area (Å²) in [7, 11) is 0. The van der Waals surface area contributed by atoms with Crippen LogP contribution in [0.5, 0.6) is 0 Å². The highest BCUT2D eigenvalue weighted by molar-refractivity contribution is 5.83. The van der Waals surface area contributed by atoms with Crippen molar-refractivity contribution >= 4 is 16.9 Å². The van der Waals surface area contributed by atoms with E-state index >= 15 is 0 Å². The summed E-state index contributed by atoms with van der Waals surface area (Å²) in [6, 6.07) is 4.01. The molecule has 4 rings (SSSR count). The SMILES string of the molecule is CC1COCCN1c1cc(C(C)(C)O)c2cnn(-c3cc[nH]n3)c2n1. The van der Waals surface area contributed by atoms with Crippen molar-refractivity contribution in [2.45, 2.75) is 32.4 Å². The van der Waals surface area contributed by atoms with E-state index < -0.39 is 5.60 Å². The molecule has 0 aromatic carbocycles. The number of aliphatic hydroxyl groups is 1. The van der Waals surface area contributed by atoms with Gasteiger partial charge < -0.3 is 14.7 Å². The summed E-state index contributed by atoms with van der Waals surface area (Å²) < 4.78 is 7.23. The average Bonchev–Trinajstić information content (AvgIpc) is 3.22. The Kier molecular flexibility index (Phi) is 3.73. The van der Waals surface area contributed by atoms with Gasteiger partial charge in [-0.1, -0.05) is 0 Å². The van der Waals surface area contributed by atoms with Crippen molar-refractivity contribution in [2.24, 2.45) is 0 Å². The Balaban J connectivity index is 1.93. The zero-order valence-electron chi connectivity index (χ0n) is 14.6. The molecule has 3 aromatic heterocycles. The maximum absolute atomic E-state index is 10.7. The van der Waals surface area contributed by atoms with E-state index in [9.17, 15) is 5.11 Å². The van der Waals surface area contributed by atoms with Gasteiger partial charge in [-0.3, -0.25) is 5.10 Å². The van der Waals surface area contributed by atoms with Gasteiger partial charge in [0, 0.05) is 24.2 Å². The minimum atomic E-state index is -1.01. The summed E-state index contributed by atoms with van der Waals surface area (Å²) in [6.07, 6.45) is 3.48. The zero-order valence-corrected chi connectivity index (χ0v) is 14.6. The molecule has 4 heterocycles. The summed E-state index contributed by atoms with van der Waals surface area (Å²) in [5, 5.41) is 22.9. The first-order chi connectivity index (χ1) is 11.9. The molecule has 25 heavy (non-hydrogen) atoms. The molecule has 0 aliphatic carbocycles. The molecule has 1 atom stereocenters. The third-order valence-electron chi connectivity index (χ3n) is 4.55. The van der Waals surface area contributed by atoms with Gasteiger partial charge in [0.15, 0.2) is 11.5 Å². The fourth-order valence-corrected chi connectivity index (χ4v) is 3.25. The van der Waals surface area contributed by atoms with Gasteiger partial charge in [0.1, 0.15) is 5.82 Å². The first-order valence-electron chi connectivity index (χ1n) is 8.41. The number of hydrogen-bond donors (Lipinski definition) is 2. The van der Waals surface area contributed by atoms with Gasteiger partial charge in [-0.25, -0.2) is 4.98 Å². The van der Waals surface area contributed by atoms with Crippen molar-refractivity contribution < 1.29 is 9.84 Å². The number of nitrogens with zero attached hydrogens (tertiary/aromatic N) is 5. The van der Waals surface area contributed by atoms with Gasteiger partial charge >= 0.3 is 0 Å². The van der Waals surface area contributed by atoms with Crippen LogP contribution in [0, 0.1) is 0 Å². The fraction of sp³-hybridized carbons (Fsp3) is 0.471. The predicted molar refractivity (Wildman–Crippen MR) is 93.9 cm³/mol. The molecule has 132 valence electrons. The number of H-pyrrole nitrogens is 1. The van der Waals surface area contributed by atoms with E-state index in [-0.39, 0.29) is 6.04 Å². The maximum atomic E-state index is 10.7. The predicted octanol–water partition coefficient (Wildman–Crippen LogP) is 1.60. The van der Waals surface area contributed by atoms with E-state index in [1.165, 1.54) is 0 Å². The van der Waals surface area contributed by atoms with Crippen molar-refractivity contribution in [3.8, 4) is 5.82 Å². The summed E-state index contributed by atoms with van der Waals surface area (Å²) in [6.45, 7) is 7.76. The standard InChI is InChI=1S/C17H22N6O2/c1-11-10-25-7-6-22(11)15-8-13(17(2,3)24)12-9-19-23(16(12)20-15)14-4-5-18-21-14/h4-5,8-9,11,24H,6-7,10H2,1-3H3,(H,18,21). The van der Waals surface area contributed by atoms with Crippen molar-refractivity contribution in [3.05, 3.63) is 30.1 Å². The lowest BCUT2D eigenvalue weighted by Crippen LogP contribution is -2.44. The van der Waals surface area contributed by atoms with Crippen molar-refractivity contribution in [2.75, 3.05) is 24.7 Å². The molecule has 0 spiro atoms. The van der Waals surface area contributed by atoms with E-state index in [0.717, 1.165) is 23.3 Å². The Hall–Kier alpha value is -2.45. The molecule has 1 unspecified atom stereocenters. The lowest BCUT2D eigenvalue weighted by atomic mass is 9.96. The van der Waals surface area contributed by atoms with Crippen molar-refractivity contribution in [1.82, 2.24) is 25.0 Å². The zero-order chi connectivity index (χ0) is 17.6. The molecule has 0 bridgehead atoms. The molecule has 8 nitrogen and oxygen atoms in total. The van der Waals surface area contributed by atoms with Crippen LogP contribution in [-0.2, 0) is 10.3 Å². The van der Waals surface area contributed by atoms with E-state index in [1.807, 2.05) is 12.1 Å². The second-order valence-corrected chi connectivity index (χ2v) is 6.93. The highest BCUT2D eigenvalue weighted by Gasteiger charge is 2.27. The van der Waals surface area contributed by atoms with Crippen LogP contribution < -0.4 is 4.90 Å². The average molecular weight is 342 g/mol. The number of pyridine rings is 1.